The van der Waals surface area contributed by atoms with E-state index in [4.69, 9.17) is 9.47 Å². The standard InChI is InChI=1S/C13H16F3NO4/c1-2-3-6-20-7-8-21-12-5-4-10(17(18)19)9-11(12)13(14,15)16/h4-5,9H,2-3,6-8H2,1H3. The number of hydrogen-bond acceptors (Lipinski definition) is 4. The van der Waals surface area contributed by atoms with Gasteiger partial charge in [-0.3, -0.25) is 10.1 Å². The average Bonchev–Trinajstić information content (AvgIpc) is 2.41. The predicted molar refractivity (Wildman–Crippen MR) is 69.3 cm³/mol. The molecule has 8 heteroatoms. The van der Waals surface area contributed by atoms with Gasteiger partial charge in [0.2, 0.25) is 0 Å². The van der Waals surface area contributed by atoms with E-state index in [-0.39, 0.29) is 13.2 Å². The Balaban J connectivity index is 2.70. The molecule has 1 aromatic carbocycles. The normalized spacial score (nSPS) is 11.4. The molecule has 0 aliphatic rings. The third-order valence-corrected chi connectivity index (χ3v) is 2.61. The second-order valence-corrected chi connectivity index (χ2v) is 4.25. The summed E-state index contributed by atoms with van der Waals surface area (Å²) in [6.45, 7) is 2.62. The molecule has 0 N–H and O–H groups in total. The Bertz CT molecular complexity index is 477. The molecule has 0 unspecified atom stereocenters. The van der Waals surface area contributed by atoms with Crippen molar-refractivity contribution < 1.29 is 27.6 Å². The number of hydrogen-bond donors (Lipinski definition) is 0. The second-order valence-electron chi connectivity index (χ2n) is 4.25. The van der Waals surface area contributed by atoms with Crippen LogP contribution in [0.3, 0.4) is 0 Å². The van der Waals surface area contributed by atoms with Crippen molar-refractivity contribution >= 4 is 5.69 Å². The highest BCUT2D eigenvalue weighted by molar-refractivity contribution is 5.45. The van der Waals surface area contributed by atoms with E-state index in [1.54, 1.807) is 0 Å². The summed E-state index contributed by atoms with van der Waals surface area (Å²) in [5, 5.41) is 10.5. The molecule has 0 saturated carbocycles. The van der Waals surface area contributed by atoms with Crippen LogP contribution in [0.15, 0.2) is 18.2 Å². The Morgan fingerprint density at radius 3 is 2.52 bits per heavy atom. The fourth-order valence-electron chi connectivity index (χ4n) is 1.54. The van der Waals surface area contributed by atoms with Crippen LogP contribution in [-0.4, -0.2) is 24.7 Å². The van der Waals surface area contributed by atoms with E-state index < -0.39 is 28.1 Å². The van der Waals surface area contributed by atoms with Crippen molar-refractivity contribution in [1.29, 1.82) is 0 Å². The molecule has 21 heavy (non-hydrogen) atoms. The second kappa shape index (κ2) is 7.82. The van der Waals surface area contributed by atoms with E-state index in [2.05, 4.69) is 0 Å². The molecular weight excluding hydrogens is 291 g/mol. The molecule has 0 heterocycles. The molecule has 5 nitrogen and oxygen atoms in total. The minimum Gasteiger partial charge on any atom is -0.491 e. The third-order valence-electron chi connectivity index (χ3n) is 2.61. The number of benzene rings is 1. The van der Waals surface area contributed by atoms with Crippen molar-refractivity contribution in [3.05, 3.63) is 33.9 Å². The van der Waals surface area contributed by atoms with Crippen LogP contribution in [0.1, 0.15) is 25.3 Å². The average molecular weight is 307 g/mol. The summed E-state index contributed by atoms with van der Waals surface area (Å²) in [5.41, 5.74) is -1.79. The number of nitrogens with zero attached hydrogens (tertiary/aromatic N) is 1. The molecule has 0 amide bonds. The molecule has 0 aromatic heterocycles. The van der Waals surface area contributed by atoms with Gasteiger partial charge in [-0.15, -0.1) is 0 Å². The Hall–Kier alpha value is -1.83. The van der Waals surface area contributed by atoms with Crippen molar-refractivity contribution in [2.45, 2.75) is 25.9 Å². The van der Waals surface area contributed by atoms with Gasteiger partial charge in [-0.05, 0) is 12.5 Å². The predicted octanol–water partition coefficient (Wildman–Crippen LogP) is 3.81. The maximum atomic E-state index is 12.8. The molecule has 0 spiro atoms. The highest BCUT2D eigenvalue weighted by Gasteiger charge is 2.36. The number of alkyl halides is 3. The first-order chi connectivity index (χ1) is 9.86. The summed E-state index contributed by atoms with van der Waals surface area (Å²) >= 11 is 0. The van der Waals surface area contributed by atoms with Gasteiger partial charge >= 0.3 is 6.18 Å². The first kappa shape index (κ1) is 17.2. The zero-order valence-corrected chi connectivity index (χ0v) is 11.5. The van der Waals surface area contributed by atoms with Gasteiger partial charge in [-0.1, -0.05) is 13.3 Å². The van der Waals surface area contributed by atoms with Crippen molar-refractivity contribution in [3.63, 3.8) is 0 Å². The molecule has 0 radical (unpaired) electrons. The summed E-state index contributed by atoms with van der Waals surface area (Å²) in [7, 11) is 0. The fourth-order valence-corrected chi connectivity index (χ4v) is 1.54. The van der Waals surface area contributed by atoms with Crippen LogP contribution in [0.4, 0.5) is 18.9 Å². The fraction of sp³-hybridized carbons (Fsp3) is 0.538. The molecule has 1 rings (SSSR count). The quantitative estimate of drug-likeness (QED) is 0.416. The lowest BCUT2D eigenvalue weighted by Gasteiger charge is -2.13. The lowest BCUT2D eigenvalue weighted by Crippen LogP contribution is -2.12. The lowest BCUT2D eigenvalue weighted by atomic mass is 10.1. The zero-order valence-electron chi connectivity index (χ0n) is 11.5. The van der Waals surface area contributed by atoms with E-state index in [1.807, 2.05) is 6.92 Å². The van der Waals surface area contributed by atoms with Gasteiger partial charge in [0.1, 0.15) is 17.9 Å². The van der Waals surface area contributed by atoms with Crippen LogP contribution in [0, 0.1) is 10.1 Å². The highest BCUT2D eigenvalue weighted by Crippen LogP contribution is 2.38. The van der Waals surface area contributed by atoms with Crippen LogP contribution < -0.4 is 4.74 Å². The van der Waals surface area contributed by atoms with Gasteiger partial charge in [-0.25, -0.2) is 0 Å². The molecule has 1 aromatic rings. The SMILES string of the molecule is CCCCOCCOc1ccc([N+](=O)[O-])cc1C(F)(F)F. The van der Waals surface area contributed by atoms with E-state index in [0.29, 0.717) is 12.7 Å². The molecular formula is C13H16F3NO4. The van der Waals surface area contributed by atoms with E-state index >= 15 is 0 Å². The number of ether oxygens (including phenoxy) is 2. The topological polar surface area (TPSA) is 61.6 Å². The molecule has 0 saturated heterocycles. The van der Waals surface area contributed by atoms with Gasteiger partial charge < -0.3 is 9.47 Å². The molecule has 0 atom stereocenters. The largest absolute Gasteiger partial charge is 0.491 e. The van der Waals surface area contributed by atoms with Crippen molar-refractivity contribution in [3.8, 4) is 5.75 Å². The van der Waals surface area contributed by atoms with Crippen molar-refractivity contribution in [2.24, 2.45) is 0 Å². The van der Waals surface area contributed by atoms with Crippen molar-refractivity contribution in [2.75, 3.05) is 19.8 Å². The number of halogens is 3. The van der Waals surface area contributed by atoms with Gasteiger partial charge in [-0.2, -0.15) is 13.2 Å². The van der Waals surface area contributed by atoms with Gasteiger partial charge in [0.25, 0.3) is 5.69 Å². The van der Waals surface area contributed by atoms with Crippen LogP contribution in [0.5, 0.6) is 5.75 Å². The monoisotopic (exact) mass is 307 g/mol. The van der Waals surface area contributed by atoms with Crippen LogP contribution in [0.25, 0.3) is 0 Å². The van der Waals surface area contributed by atoms with E-state index in [1.165, 1.54) is 0 Å². The Morgan fingerprint density at radius 2 is 1.95 bits per heavy atom. The summed E-state index contributed by atoms with van der Waals surface area (Å²) in [5.74, 6) is -0.438. The first-order valence-corrected chi connectivity index (χ1v) is 6.42. The van der Waals surface area contributed by atoms with Gasteiger partial charge in [0.15, 0.2) is 0 Å². The van der Waals surface area contributed by atoms with Crippen LogP contribution in [-0.2, 0) is 10.9 Å². The molecule has 0 bridgehead atoms. The van der Waals surface area contributed by atoms with E-state index in [0.717, 1.165) is 25.0 Å². The lowest BCUT2D eigenvalue weighted by molar-refractivity contribution is -0.385. The zero-order chi connectivity index (χ0) is 15.9. The maximum absolute atomic E-state index is 12.8. The summed E-state index contributed by atoms with van der Waals surface area (Å²) in [4.78, 5) is 9.65. The highest BCUT2D eigenvalue weighted by atomic mass is 19.4. The summed E-state index contributed by atoms with van der Waals surface area (Å²) in [6, 6.07) is 2.39. The summed E-state index contributed by atoms with van der Waals surface area (Å²) in [6.07, 6.45) is -2.89. The Kier molecular flexibility index (Phi) is 6.41. The van der Waals surface area contributed by atoms with Gasteiger partial charge in [0.05, 0.1) is 11.5 Å². The number of nitro groups is 1. The number of unbranched alkanes of at least 4 members (excludes halogenated alkanes) is 1. The molecule has 0 aliphatic carbocycles. The number of rotatable bonds is 8. The van der Waals surface area contributed by atoms with E-state index in [9.17, 15) is 23.3 Å². The van der Waals surface area contributed by atoms with Crippen LogP contribution in [0.2, 0.25) is 0 Å². The molecule has 118 valence electrons. The minimum atomic E-state index is -4.72. The Morgan fingerprint density at radius 1 is 1.24 bits per heavy atom. The number of nitro benzene ring substituents is 1. The van der Waals surface area contributed by atoms with Crippen molar-refractivity contribution in [1.82, 2.24) is 0 Å². The minimum absolute atomic E-state index is 0.0510. The molecule has 0 aliphatic heterocycles. The smallest absolute Gasteiger partial charge is 0.420 e. The Labute approximate surface area is 119 Å². The number of non-ortho nitro benzene ring substituents is 1. The maximum Gasteiger partial charge on any atom is 0.420 e. The van der Waals surface area contributed by atoms with Crippen LogP contribution >= 0.6 is 0 Å². The summed E-state index contributed by atoms with van der Waals surface area (Å²) < 4.78 is 48.7. The third kappa shape index (κ3) is 5.58. The first-order valence-electron chi connectivity index (χ1n) is 6.42. The molecule has 0 fully saturated rings. The van der Waals surface area contributed by atoms with Gasteiger partial charge in [0, 0.05) is 18.7 Å².